The number of hydrogen-bond acceptors (Lipinski definition) is 2. The van der Waals surface area contributed by atoms with Crippen LogP contribution in [0.4, 0.5) is 0 Å². The van der Waals surface area contributed by atoms with Gasteiger partial charge in [0.05, 0.1) is 22.4 Å². The topological polar surface area (TPSA) is 25.8 Å². The Bertz CT molecular complexity index is 1160. The third-order valence-corrected chi connectivity index (χ3v) is 4.72. The van der Waals surface area contributed by atoms with Gasteiger partial charge in [-0.15, -0.1) is 0 Å². The smallest absolute Gasteiger partial charge is 0.0966 e. The highest BCUT2D eigenvalue weighted by Crippen LogP contribution is 2.28. The van der Waals surface area contributed by atoms with E-state index in [1.807, 2.05) is 62.4 Å². The molecule has 1 heterocycles. The maximum Gasteiger partial charge on any atom is 0.0966 e. The zero-order valence-corrected chi connectivity index (χ0v) is 17.8. The van der Waals surface area contributed by atoms with E-state index in [0.29, 0.717) is 5.02 Å². The van der Waals surface area contributed by atoms with Crippen LogP contribution in [0, 0.1) is 0 Å². The first-order chi connectivity index (χ1) is 14.2. The summed E-state index contributed by atoms with van der Waals surface area (Å²) in [5.74, 6) is 0. The van der Waals surface area contributed by atoms with Gasteiger partial charge in [-0.3, -0.25) is 0 Å². The van der Waals surface area contributed by atoms with Gasteiger partial charge in [-0.05, 0) is 61.4 Å². The van der Waals surface area contributed by atoms with Gasteiger partial charge < -0.3 is 0 Å². The van der Waals surface area contributed by atoms with Crippen molar-refractivity contribution in [2.75, 3.05) is 0 Å². The van der Waals surface area contributed by atoms with Gasteiger partial charge in [0.2, 0.25) is 0 Å². The second-order valence-corrected chi connectivity index (χ2v) is 7.07. The normalized spacial score (nSPS) is 11.3. The molecule has 4 rings (SSSR count). The van der Waals surface area contributed by atoms with Crippen molar-refractivity contribution in [1.29, 1.82) is 0 Å². The zero-order chi connectivity index (χ0) is 20.6. The number of aromatic nitrogens is 2. The summed E-state index contributed by atoms with van der Waals surface area (Å²) < 4.78 is 0. The Labute approximate surface area is 177 Å². The van der Waals surface area contributed by atoms with Crippen LogP contribution in [0.25, 0.3) is 39.1 Å². The van der Waals surface area contributed by atoms with E-state index in [1.165, 1.54) is 10.8 Å². The number of nitrogens with zero attached hydrogens (tertiary/aromatic N) is 2. The fourth-order valence-corrected chi connectivity index (χ4v) is 3.21. The van der Waals surface area contributed by atoms with Crippen LogP contribution in [0.5, 0.6) is 0 Å². The molecule has 146 valence electrons. The minimum Gasteiger partial charge on any atom is -0.244 e. The van der Waals surface area contributed by atoms with Crippen molar-refractivity contribution in [3.05, 3.63) is 89.6 Å². The van der Waals surface area contributed by atoms with Gasteiger partial charge in [0.25, 0.3) is 0 Å². The first-order valence-corrected chi connectivity index (χ1v) is 10.2. The first kappa shape index (κ1) is 20.8. The molecule has 0 aliphatic carbocycles. The third kappa shape index (κ3) is 5.10. The molecule has 1 aromatic heterocycles. The van der Waals surface area contributed by atoms with Crippen molar-refractivity contribution >= 4 is 39.5 Å². The maximum absolute atomic E-state index is 6.01. The van der Waals surface area contributed by atoms with Crippen LogP contribution in [0.3, 0.4) is 0 Å². The quantitative estimate of drug-likeness (QED) is 0.256. The SMILES string of the molecule is C/C=C/c1nc2cc3ccccc3cc2nc1-c1ccc(Cl)cc1.C/C=C\CC. The van der Waals surface area contributed by atoms with Crippen molar-refractivity contribution < 1.29 is 0 Å². The Morgan fingerprint density at radius 1 is 0.828 bits per heavy atom. The van der Waals surface area contributed by atoms with Gasteiger partial charge in [0.1, 0.15) is 0 Å². The highest BCUT2D eigenvalue weighted by Gasteiger charge is 2.10. The molecular formula is C26H25ClN2. The second kappa shape index (κ2) is 9.99. The van der Waals surface area contributed by atoms with Gasteiger partial charge in [-0.25, -0.2) is 9.97 Å². The molecule has 0 saturated carbocycles. The van der Waals surface area contributed by atoms with E-state index in [4.69, 9.17) is 21.6 Å². The fraction of sp³-hybridized carbons (Fsp3) is 0.154. The van der Waals surface area contributed by atoms with Crippen LogP contribution in [-0.4, -0.2) is 9.97 Å². The molecule has 0 radical (unpaired) electrons. The lowest BCUT2D eigenvalue weighted by atomic mass is 10.1. The Morgan fingerprint density at radius 3 is 1.97 bits per heavy atom. The van der Waals surface area contributed by atoms with E-state index in [9.17, 15) is 0 Å². The van der Waals surface area contributed by atoms with Crippen molar-refractivity contribution in [1.82, 2.24) is 9.97 Å². The van der Waals surface area contributed by atoms with Crippen LogP contribution in [-0.2, 0) is 0 Å². The molecule has 0 bridgehead atoms. The van der Waals surface area contributed by atoms with Crippen molar-refractivity contribution in [3.8, 4) is 11.3 Å². The van der Waals surface area contributed by atoms with Crippen LogP contribution >= 0.6 is 11.6 Å². The molecule has 29 heavy (non-hydrogen) atoms. The molecule has 0 atom stereocenters. The number of halogens is 1. The number of benzene rings is 3. The number of hydrogen-bond donors (Lipinski definition) is 0. The Balaban J connectivity index is 0.000000431. The van der Waals surface area contributed by atoms with Gasteiger partial charge in [-0.1, -0.05) is 73.2 Å². The Kier molecular flexibility index (Phi) is 7.15. The van der Waals surface area contributed by atoms with Crippen LogP contribution in [0.2, 0.25) is 5.02 Å². The predicted molar refractivity (Wildman–Crippen MR) is 127 cm³/mol. The number of allylic oxidation sites excluding steroid dienone is 3. The van der Waals surface area contributed by atoms with Gasteiger partial charge in [0, 0.05) is 10.6 Å². The van der Waals surface area contributed by atoms with Crippen molar-refractivity contribution in [2.24, 2.45) is 0 Å². The van der Waals surface area contributed by atoms with Crippen LogP contribution in [0.15, 0.2) is 78.9 Å². The maximum atomic E-state index is 6.01. The molecule has 2 nitrogen and oxygen atoms in total. The summed E-state index contributed by atoms with van der Waals surface area (Å²) in [6.07, 6.45) is 9.32. The van der Waals surface area contributed by atoms with E-state index in [0.717, 1.165) is 34.4 Å². The van der Waals surface area contributed by atoms with Gasteiger partial charge in [-0.2, -0.15) is 0 Å². The summed E-state index contributed by atoms with van der Waals surface area (Å²) in [7, 11) is 0. The van der Waals surface area contributed by atoms with Gasteiger partial charge >= 0.3 is 0 Å². The molecule has 0 fully saturated rings. The third-order valence-electron chi connectivity index (χ3n) is 4.47. The van der Waals surface area contributed by atoms with Gasteiger partial charge in [0.15, 0.2) is 0 Å². The largest absolute Gasteiger partial charge is 0.244 e. The highest BCUT2D eigenvalue weighted by molar-refractivity contribution is 6.30. The summed E-state index contributed by atoms with van der Waals surface area (Å²) in [5.41, 5.74) is 4.54. The predicted octanol–water partition coefficient (Wildman–Crippen LogP) is 8.11. The summed E-state index contributed by atoms with van der Waals surface area (Å²) in [5, 5.41) is 3.05. The lowest BCUT2D eigenvalue weighted by molar-refractivity contribution is 1.22. The van der Waals surface area contributed by atoms with E-state index in [2.05, 4.69) is 43.3 Å². The molecule has 3 aromatic carbocycles. The summed E-state index contributed by atoms with van der Waals surface area (Å²) >= 11 is 6.01. The van der Waals surface area contributed by atoms with E-state index < -0.39 is 0 Å². The molecular weight excluding hydrogens is 376 g/mol. The molecule has 3 heteroatoms. The summed E-state index contributed by atoms with van der Waals surface area (Å²) in [6.45, 7) is 6.14. The monoisotopic (exact) mass is 400 g/mol. The van der Waals surface area contributed by atoms with Crippen molar-refractivity contribution in [3.63, 3.8) is 0 Å². The fourth-order valence-electron chi connectivity index (χ4n) is 3.09. The second-order valence-electron chi connectivity index (χ2n) is 6.63. The lowest BCUT2D eigenvalue weighted by Gasteiger charge is -2.09. The average molecular weight is 401 g/mol. The Morgan fingerprint density at radius 2 is 1.45 bits per heavy atom. The first-order valence-electron chi connectivity index (χ1n) is 9.86. The van der Waals surface area contributed by atoms with E-state index >= 15 is 0 Å². The highest BCUT2D eigenvalue weighted by atomic mass is 35.5. The molecule has 4 aromatic rings. The average Bonchev–Trinajstić information content (AvgIpc) is 2.74. The summed E-state index contributed by atoms with van der Waals surface area (Å²) in [4.78, 5) is 9.72. The molecule has 0 amide bonds. The molecule has 0 spiro atoms. The van der Waals surface area contributed by atoms with Crippen molar-refractivity contribution in [2.45, 2.75) is 27.2 Å². The minimum absolute atomic E-state index is 0.714. The molecule has 0 aliphatic rings. The Hall–Kier alpha value is -2.97. The minimum atomic E-state index is 0.714. The number of rotatable bonds is 3. The molecule has 0 saturated heterocycles. The molecule has 0 aliphatic heterocycles. The number of fused-ring (bicyclic) bond motifs is 2. The zero-order valence-electron chi connectivity index (χ0n) is 17.1. The van der Waals surface area contributed by atoms with E-state index in [-0.39, 0.29) is 0 Å². The molecule has 0 unspecified atom stereocenters. The van der Waals surface area contributed by atoms with Crippen LogP contribution in [0.1, 0.15) is 32.9 Å². The van der Waals surface area contributed by atoms with E-state index in [1.54, 1.807) is 0 Å². The van der Waals surface area contributed by atoms with Crippen LogP contribution < -0.4 is 0 Å². The lowest BCUT2D eigenvalue weighted by Crippen LogP contribution is -1.95. The molecule has 0 N–H and O–H groups in total. The summed E-state index contributed by atoms with van der Waals surface area (Å²) in [6, 6.07) is 20.2. The standard InChI is InChI=1S/C21H15ClN2.C5H10/c1-2-5-18-21(14-8-10-17(22)11-9-14)24-20-13-16-7-4-3-6-15(16)12-19(20)23-18;1-3-5-4-2/h2-13H,1H3;3,5H,4H2,1-2H3/b5-2+;5-3-.